The molecule has 0 bridgehead atoms. The molecule has 92 valence electrons. The Morgan fingerprint density at radius 2 is 2.59 bits per heavy atom. The van der Waals surface area contributed by atoms with Crippen LogP contribution in [-0.2, 0) is 9.53 Å². The van der Waals surface area contributed by atoms with Crippen LogP contribution in [0.25, 0.3) is 0 Å². The Morgan fingerprint density at radius 3 is 3.18 bits per heavy atom. The van der Waals surface area contributed by atoms with E-state index in [0.717, 1.165) is 0 Å². The van der Waals surface area contributed by atoms with E-state index in [1.807, 2.05) is 0 Å². The highest BCUT2D eigenvalue weighted by molar-refractivity contribution is 7.13. The van der Waals surface area contributed by atoms with Crippen molar-refractivity contribution >= 4 is 28.5 Å². The molecule has 1 saturated heterocycles. The predicted molar refractivity (Wildman–Crippen MR) is 62.9 cm³/mol. The van der Waals surface area contributed by atoms with E-state index >= 15 is 0 Å². The molecule has 1 aromatic rings. The number of ether oxygens (including phenoxy) is 1. The lowest BCUT2D eigenvalue weighted by Gasteiger charge is -2.07. The van der Waals surface area contributed by atoms with Crippen LogP contribution in [0.4, 0.5) is 9.93 Å². The number of amides is 2. The monoisotopic (exact) mass is 255 g/mol. The molecule has 6 nitrogen and oxygen atoms in total. The van der Waals surface area contributed by atoms with Crippen molar-refractivity contribution in [2.75, 3.05) is 18.9 Å². The van der Waals surface area contributed by atoms with Gasteiger partial charge in [-0.3, -0.25) is 4.79 Å². The average Bonchev–Trinajstić information content (AvgIpc) is 2.87. The van der Waals surface area contributed by atoms with Crippen LogP contribution in [-0.4, -0.2) is 41.6 Å². The summed E-state index contributed by atoms with van der Waals surface area (Å²) in [4.78, 5) is 28.1. The molecule has 1 aromatic heterocycles. The maximum absolute atomic E-state index is 11.5. The summed E-state index contributed by atoms with van der Waals surface area (Å²) in [6.07, 6.45) is 1.98. The summed E-state index contributed by atoms with van der Waals surface area (Å²) in [5.41, 5.74) is 0. The molecule has 7 heteroatoms. The summed E-state index contributed by atoms with van der Waals surface area (Å²) in [5.74, 6) is -0.106. The fourth-order valence-electron chi connectivity index (χ4n) is 1.56. The normalized spacial score (nSPS) is 19.2. The number of anilines is 1. The molecule has 17 heavy (non-hydrogen) atoms. The standard InChI is InChI=1S/C10H13N3O3S/c1-13-6-7(16-10(13)15)2-3-8(14)12-9-11-4-5-17-9/h4-5,7H,2-3,6H2,1H3,(H,11,12,14). The first-order valence-electron chi connectivity index (χ1n) is 5.26. The highest BCUT2D eigenvalue weighted by Crippen LogP contribution is 2.15. The lowest BCUT2D eigenvalue weighted by molar-refractivity contribution is -0.116. The van der Waals surface area contributed by atoms with Crippen LogP contribution < -0.4 is 5.32 Å². The molecule has 0 aliphatic carbocycles. The second kappa shape index (κ2) is 5.13. The topological polar surface area (TPSA) is 71.5 Å². The quantitative estimate of drug-likeness (QED) is 0.880. The van der Waals surface area contributed by atoms with Crippen molar-refractivity contribution in [2.24, 2.45) is 0 Å². The first kappa shape index (κ1) is 11.8. The molecule has 0 spiro atoms. The molecule has 0 aromatic carbocycles. The largest absolute Gasteiger partial charge is 0.444 e. The molecule has 0 saturated carbocycles. The number of carbonyl (C=O) groups is 2. The van der Waals surface area contributed by atoms with E-state index in [1.165, 1.54) is 16.2 Å². The Balaban J connectivity index is 1.72. The van der Waals surface area contributed by atoms with E-state index < -0.39 is 0 Å². The first-order valence-corrected chi connectivity index (χ1v) is 6.14. The Kier molecular flexibility index (Phi) is 3.58. The second-order valence-electron chi connectivity index (χ2n) is 3.81. The molecular weight excluding hydrogens is 242 g/mol. The van der Waals surface area contributed by atoms with Gasteiger partial charge in [0, 0.05) is 25.0 Å². The van der Waals surface area contributed by atoms with Gasteiger partial charge in [-0.15, -0.1) is 11.3 Å². The minimum Gasteiger partial charge on any atom is -0.444 e. The smallest absolute Gasteiger partial charge is 0.409 e. The SMILES string of the molecule is CN1CC(CCC(=O)Nc2nccs2)OC1=O. The van der Waals surface area contributed by atoms with Crippen LogP contribution in [0.2, 0.25) is 0 Å². The third-order valence-corrected chi connectivity index (χ3v) is 3.12. The zero-order valence-corrected chi connectivity index (χ0v) is 10.2. The van der Waals surface area contributed by atoms with Gasteiger partial charge in [-0.25, -0.2) is 9.78 Å². The molecule has 2 heterocycles. The van der Waals surface area contributed by atoms with Crippen LogP contribution in [0.15, 0.2) is 11.6 Å². The van der Waals surface area contributed by atoms with Crippen molar-refractivity contribution in [1.82, 2.24) is 9.88 Å². The van der Waals surface area contributed by atoms with Gasteiger partial charge in [0.1, 0.15) is 6.10 Å². The van der Waals surface area contributed by atoms with Gasteiger partial charge < -0.3 is 15.0 Å². The van der Waals surface area contributed by atoms with Crippen molar-refractivity contribution < 1.29 is 14.3 Å². The van der Waals surface area contributed by atoms with Gasteiger partial charge >= 0.3 is 6.09 Å². The number of hydrogen-bond donors (Lipinski definition) is 1. The lowest BCUT2D eigenvalue weighted by atomic mass is 10.2. The van der Waals surface area contributed by atoms with Crippen LogP contribution in [0, 0.1) is 0 Å². The lowest BCUT2D eigenvalue weighted by Crippen LogP contribution is -2.20. The number of rotatable bonds is 4. The number of aromatic nitrogens is 1. The number of hydrogen-bond acceptors (Lipinski definition) is 5. The highest BCUT2D eigenvalue weighted by atomic mass is 32.1. The molecule has 1 aliphatic rings. The second-order valence-corrected chi connectivity index (χ2v) is 4.70. The molecule has 2 rings (SSSR count). The summed E-state index contributed by atoms with van der Waals surface area (Å²) < 4.78 is 5.05. The number of nitrogens with zero attached hydrogens (tertiary/aromatic N) is 2. The third-order valence-electron chi connectivity index (χ3n) is 2.43. The minimum atomic E-state index is -0.324. The molecule has 1 unspecified atom stereocenters. The van der Waals surface area contributed by atoms with Crippen LogP contribution >= 0.6 is 11.3 Å². The van der Waals surface area contributed by atoms with Crippen molar-refractivity contribution in [3.63, 3.8) is 0 Å². The Bertz CT molecular complexity index is 407. The van der Waals surface area contributed by atoms with E-state index in [1.54, 1.807) is 18.6 Å². The molecule has 1 aliphatic heterocycles. The fraction of sp³-hybridized carbons (Fsp3) is 0.500. The minimum absolute atomic E-state index is 0.106. The van der Waals surface area contributed by atoms with E-state index in [9.17, 15) is 9.59 Å². The average molecular weight is 255 g/mol. The van der Waals surface area contributed by atoms with Gasteiger partial charge in [-0.1, -0.05) is 0 Å². The van der Waals surface area contributed by atoms with E-state index in [0.29, 0.717) is 24.5 Å². The Labute approximate surface area is 103 Å². The molecule has 1 fully saturated rings. The van der Waals surface area contributed by atoms with Gasteiger partial charge in [-0.05, 0) is 6.42 Å². The van der Waals surface area contributed by atoms with Gasteiger partial charge in [0.25, 0.3) is 0 Å². The van der Waals surface area contributed by atoms with Crippen molar-refractivity contribution in [3.05, 3.63) is 11.6 Å². The molecular formula is C10H13N3O3S. The van der Waals surface area contributed by atoms with E-state index in [-0.39, 0.29) is 18.1 Å². The molecule has 0 radical (unpaired) electrons. The number of likely N-dealkylation sites (N-methyl/N-ethyl adjacent to an activating group) is 1. The molecule has 1 N–H and O–H groups in total. The fourth-order valence-corrected chi connectivity index (χ4v) is 2.10. The molecule has 1 atom stereocenters. The third kappa shape index (κ3) is 3.16. The van der Waals surface area contributed by atoms with Crippen molar-refractivity contribution in [2.45, 2.75) is 18.9 Å². The highest BCUT2D eigenvalue weighted by Gasteiger charge is 2.28. The summed E-state index contributed by atoms with van der Waals surface area (Å²) in [6, 6.07) is 0. The first-order chi connectivity index (χ1) is 8.15. The maximum atomic E-state index is 11.5. The summed E-state index contributed by atoms with van der Waals surface area (Å²) >= 11 is 1.37. The summed E-state index contributed by atoms with van der Waals surface area (Å²) in [5, 5.41) is 5.07. The van der Waals surface area contributed by atoms with Gasteiger partial charge in [0.05, 0.1) is 6.54 Å². The maximum Gasteiger partial charge on any atom is 0.409 e. The molecule has 2 amide bonds. The zero-order chi connectivity index (χ0) is 12.3. The predicted octanol–water partition coefficient (Wildman–Crippen LogP) is 1.31. The van der Waals surface area contributed by atoms with Crippen molar-refractivity contribution in [1.29, 1.82) is 0 Å². The van der Waals surface area contributed by atoms with Crippen LogP contribution in [0.1, 0.15) is 12.8 Å². The Hall–Kier alpha value is -1.63. The number of carbonyl (C=O) groups excluding carboxylic acids is 2. The van der Waals surface area contributed by atoms with Gasteiger partial charge in [0.15, 0.2) is 5.13 Å². The number of cyclic esters (lactones) is 1. The van der Waals surface area contributed by atoms with Gasteiger partial charge in [0.2, 0.25) is 5.91 Å². The zero-order valence-electron chi connectivity index (χ0n) is 9.38. The summed E-state index contributed by atoms with van der Waals surface area (Å²) in [7, 11) is 1.68. The Morgan fingerprint density at radius 1 is 1.76 bits per heavy atom. The van der Waals surface area contributed by atoms with Gasteiger partial charge in [-0.2, -0.15) is 0 Å². The summed E-state index contributed by atoms with van der Waals surface area (Å²) in [6.45, 7) is 0.545. The van der Waals surface area contributed by atoms with Crippen LogP contribution in [0.3, 0.4) is 0 Å². The number of thiazole rings is 1. The van der Waals surface area contributed by atoms with E-state index in [4.69, 9.17) is 4.74 Å². The van der Waals surface area contributed by atoms with E-state index in [2.05, 4.69) is 10.3 Å². The van der Waals surface area contributed by atoms with Crippen LogP contribution in [0.5, 0.6) is 0 Å². The number of nitrogens with one attached hydrogen (secondary N) is 1. The van der Waals surface area contributed by atoms with Crippen molar-refractivity contribution in [3.8, 4) is 0 Å².